The van der Waals surface area contributed by atoms with Gasteiger partial charge in [-0.3, -0.25) is 14.9 Å². The molecule has 0 radical (unpaired) electrons. The van der Waals surface area contributed by atoms with Crippen LogP contribution in [-0.2, 0) is 9.59 Å². The van der Waals surface area contributed by atoms with Gasteiger partial charge in [0.2, 0.25) is 5.91 Å². The second-order valence-electron chi connectivity index (χ2n) is 4.81. The first kappa shape index (κ1) is 14.7. The van der Waals surface area contributed by atoms with Crippen molar-refractivity contribution in [3.63, 3.8) is 0 Å². The molecule has 0 saturated carbocycles. The molecule has 5 heteroatoms. The molecule has 102 valence electrons. The molecule has 1 fully saturated rings. The summed E-state index contributed by atoms with van der Waals surface area (Å²) in [5.74, 6) is -0.853. The number of nitrogens with one attached hydrogen (secondary N) is 2. The van der Waals surface area contributed by atoms with Crippen LogP contribution < -0.4 is 10.6 Å². The van der Waals surface area contributed by atoms with Crippen LogP contribution in [0.2, 0.25) is 0 Å². The lowest BCUT2D eigenvalue weighted by atomic mass is 9.91. The number of aliphatic carboxylic acids is 1. The van der Waals surface area contributed by atoms with Crippen molar-refractivity contribution in [1.29, 1.82) is 0 Å². The molecular formula is C13H22N2O3. The predicted octanol–water partition coefficient (Wildman–Crippen LogP) is 0.908. The minimum Gasteiger partial charge on any atom is -0.480 e. The number of carboxylic acids is 1. The maximum atomic E-state index is 11.2. The first-order chi connectivity index (χ1) is 8.49. The molecule has 0 bridgehead atoms. The van der Waals surface area contributed by atoms with Crippen LogP contribution in [0.15, 0.2) is 12.7 Å². The quantitative estimate of drug-likeness (QED) is 0.616. The third-order valence-corrected chi connectivity index (χ3v) is 3.39. The van der Waals surface area contributed by atoms with E-state index in [0.717, 1.165) is 12.8 Å². The molecule has 0 aliphatic carbocycles. The van der Waals surface area contributed by atoms with Gasteiger partial charge in [-0.25, -0.2) is 0 Å². The van der Waals surface area contributed by atoms with Crippen LogP contribution in [0, 0.1) is 5.92 Å². The van der Waals surface area contributed by atoms with Crippen molar-refractivity contribution in [2.24, 2.45) is 5.92 Å². The van der Waals surface area contributed by atoms with Gasteiger partial charge in [0.05, 0.1) is 0 Å². The zero-order valence-corrected chi connectivity index (χ0v) is 11.0. The van der Waals surface area contributed by atoms with E-state index in [4.69, 9.17) is 5.11 Å². The van der Waals surface area contributed by atoms with Gasteiger partial charge in [-0.15, -0.1) is 6.58 Å². The molecule has 0 aromatic heterocycles. The van der Waals surface area contributed by atoms with E-state index in [1.807, 2.05) is 6.92 Å². The highest BCUT2D eigenvalue weighted by molar-refractivity contribution is 5.75. The average Bonchev–Trinajstić information content (AvgIpc) is 2.71. The second-order valence-corrected chi connectivity index (χ2v) is 4.81. The highest BCUT2D eigenvalue weighted by Gasteiger charge is 2.39. The molecule has 0 spiro atoms. The van der Waals surface area contributed by atoms with Crippen LogP contribution in [0.3, 0.4) is 0 Å². The Hall–Kier alpha value is -1.36. The highest BCUT2D eigenvalue weighted by atomic mass is 16.4. The Morgan fingerprint density at radius 1 is 1.61 bits per heavy atom. The second kappa shape index (κ2) is 6.54. The molecule has 0 aromatic carbocycles. The van der Waals surface area contributed by atoms with Crippen LogP contribution in [0.1, 0.15) is 33.1 Å². The highest BCUT2D eigenvalue weighted by Crippen LogP contribution is 2.25. The van der Waals surface area contributed by atoms with E-state index in [1.165, 1.54) is 6.92 Å². The van der Waals surface area contributed by atoms with Gasteiger partial charge < -0.3 is 10.4 Å². The third kappa shape index (κ3) is 3.57. The summed E-state index contributed by atoms with van der Waals surface area (Å²) >= 11 is 0. The minimum absolute atomic E-state index is 0.0418. The normalized spacial score (nSPS) is 28.7. The van der Waals surface area contributed by atoms with Gasteiger partial charge in [0.1, 0.15) is 6.04 Å². The topological polar surface area (TPSA) is 78.4 Å². The van der Waals surface area contributed by atoms with E-state index >= 15 is 0 Å². The Kier molecular flexibility index (Phi) is 5.34. The van der Waals surface area contributed by atoms with Crippen LogP contribution in [0.5, 0.6) is 0 Å². The lowest BCUT2D eigenvalue weighted by Gasteiger charge is -2.27. The van der Waals surface area contributed by atoms with Gasteiger partial charge in [0.25, 0.3) is 0 Å². The zero-order chi connectivity index (χ0) is 13.7. The van der Waals surface area contributed by atoms with Gasteiger partial charge in [0, 0.05) is 19.0 Å². The van der Waals surface area contributed by atoms with Crippen molar-refractivity contribution in [2.75, 3.05) is 0 Å². The number of hydrogen-bond donors (Lipinski definition) is 3. The van der Waals surface area contributed by atoms with E-state index in [0.29, 0.717) is 6.42 Å². The van der Waals surface area contributed by atoms with Crippen molar-refractivity contribution >= 4 is 11.9 Å². The molecule has 1 heterocycles. The molecule has 1 aliphatic rings. The summed E-state index contributed by atoms with van der Waals surface area (Å²) < 4.78 is 0. The molecule has 5 nitrogen and oxygen atoms in total. The van der Waals surface area contributed by atoms with Gasteiger partial charge in [-0.1, -0.05) is 19.4 Å². The number of rotatable bonds is 6. The van der Waals surface area contributed by atoms with Crippen molar-refractivity contribution in [2.45, 2.75) is 51.2 Å². The molecule has 18 heavy (non-hydrogen) atoms. The Balaban J connectivity index is 2.78. The lowest BCUT2D eigenvalue weighted by Crippen LogP contribution is -2.51. The smallest absolute Gasteiger partial charge is 0.320 e. The SMILES string of the molecule is C=C[C@@H]1C[C@H](C(=O)O)N[C@H]1[C@H](CCC)NC(C)=O. The summed E-state index contributed by atoms with van der Waals surface area (Å²) in [6.07, 6.45) is 4.08. The molecule has 1 amide bonds. The van der Waals surface area contributed by atoms with E-state index in [-0.39, 0.29) is 23.9 Å². The van der Waals surface area contributed by atoms with Crippen LogP contribution in [0.25, 0.3) is 0 Å². The number of carboxylic acid groups (broad SMARTS) is 1. The Morgan fingerprint density at radius 3 is 2.72 bits per heavy atom. The summed E-state index contributed by atoms with van der Waals surface area (Å²) in [6, 6.07) is -0.640. The molecule has 1 saturated heterocycles. The number of carbonyl (C=O) groups is 2. The van der Waals surface area contributed by atoms with Crippen LogP contribution >= 0.6 is 0 Å². The summed E-state index contributed by atoms with van der Waals surface area (Å²) in [6.45, 7) is 7.29. The monoisotopic (exact) mass is 254 g/mol. The van der Waals surface area contributed by atoms with E-state index in [1.54, 1.807) is 6.08 Å². The molecule has 3 N–H and O–H groups in total. The number of hydrogen-bond acceptors (Lipinski definition) is 3. The first-order valence-corrected chi connectivity index (χ1v) is 6.38. The first-order valence-electron chi connectivity index (χ1n) is 6.38. The standard InChI is InChI=1S/C13H22N2O3/c1-4-6-10(14-8(3)16)12-9(5-2)7-11(15-12)13(17)18/h5,9-12,15H,2,4,6-7H2,1,3H3,(H,14,16)(H,17,18)/t9-,10+,11-,12-/m1/s1. The molecule has 0 aromatic rings. The molecule has 1 rings (SSSR count). The van der Waals surface area contributed by atoms with Crippen molar-refractivity contribution in [1.82, 2.24) is 10.6 Å². The van der Waals surface area contributed by atoms with E-state index in [2.05, 4.69) is 17.2 Å². The average molecular weight is 254 g/mol. The largest absolute Gasteiger partial charge is 0.480 e. The number of carbonyl (C=O) groups excluding carboxylic acids is 1. The van der Waals surface area contributed by atoms with E-state index < -0.39 is 12.0 Å². The fourth-order valence-electron chi connectivity index (χ4n) is 2.59. The summed E-state index contributed by atoms with van der Waals surface area (Å²) in [5, 5.41) is 15.1. The maximum Gasteiger partial charge on any atom is 0.320 e. The van der Waals surface area contributed by atoms with Crippen molar-refractivity contribution in [3.8, 4) is 0 Å². The molecular weight excluding hydrogens is 232 g/mol. The summed E-state index contributed by atoms with van der Waals surface area (Å²) in [5.41, 5.74) is 0. The van der Waals surface area contributed by atoms with Gasteiger partial charge in [0.15, 0.2) is 0 Å². The summed E-state index contributed by atoms with van der Waals surface area (Å²) in [4.78, 5) is 22.2. The predicted molar refractivity (Wildman–Crippen MR) is 69.2 cm³/mol. The van der Waals surface area contributed by atoms with E-state index in [9.17, 15) is 9.59 Å². The Labute approximate surface area is 108 Å². The van der Waals surface area contributed by atoms with Gasteiger partial charge in [-0.2, -0.15) is 0 Å². The molecule has 1 aliphatic heterocycles. The van der Waals surface area contributed by atoms with Gasteiger partial charge >= 0.3 is 5.97 Å². The zero-order valence-electron chi connectivity index (χ0n) is 11.0. The molecule has 4 atom stereocenters. The van der Waals surface area contributed by atoms with Gasteiger partial charge in [-0.05, 0) is 18.8 Å². The third-order valence-electron chi connectivity index (χ3n) is 3.39. The Bertz CT molecular complexity index is 330. The fourth-order valence-corrected chi connectivity index (χ4v) is 2.59. The van der Waals surface area contributed by atoms with Crippen LogP contribution in [-0.4, -0.2) is 35.1 Å². The lowest BCUT2D eigenvalue weighted by molar-refractivity contribution is -0.139. The Morgan fingerprint density at radius 2 is 2.28 bits per heavy atom. The maximum absolute atomic E-state index is 11.2. The summed E-state index contributed by atoms with van der Waals surface area (Å²) in [7, 11) is 0. The number of amides is 1. The fraction of sp³-hybridized carbons (Fsp3) is 0.692. The van der Waals surface area contributed by atoms with Crippen molar-refractivity contribution < 1.29 is 14.7 Å². The van der Waals surface area contributed by atoms with Crippen LogP contribution in [0.4, 0.5) is 0 Å². The van der Waals surface area contributed by atoms with Crippen molar-refractivity contribution in [3.05, 3.63) is 12.7 Å². The molecule has 0 unspecified atom stereocenters. The minimum atomic E-state index is -0.845.